The number of nitrogens with two attached hydrogens (primary N) is 2. The minimum Gasteiger partial charge on any atom is -0.400 e. The van der Waals surface area contributed by atoms with Crippen LogP contribution in [0.3, 0.4) is 0 Å². The van der Waals surface area contributed by atoms with Crippen LogP contribution < -0.4 is 16.8 Å². The Hall–Kier alpha value is -0.680. The molecule has 68 valence electrons. The maximum Gasteiger partial charge on any atom is 0.235 e. The van der Waals surface area contributed by atoms with E-state index in [2.05, 4.69) is 5.32 Å². The number of carbonyl (C=O) groups is 1. The third-order valence-corrected chi connectivity index (χ3v) is 3.03. The van der Waals surface area contributed by atoms with Gasteiger partial charge in [-0.1, -0.05) is 6.08 Å². The van der Waals surface area contributed by atoms with Gasteiger partial charge in [0.05, 0.1) is 11.4 Å². The molecule has 0 radical (unpaired) electrons. The van der Waals surface area contributed by atoms with E-state index in [1.807, 2.05) is 13.0 Å². The molecule has 12 heavy (non-hydrogen) atoms. The number of nitrogens with one attached hydrogen (secondary N) is 1. The van der Waals surface area contributed by atoms with E-state index >= 15 is 0 Å². The summed E-state index contributed by atoms with van der Waals surface area (Å²) >= 11 is 1.61. The van der Waals surface area contributed by atoms with Gasteiger partial charge in [-0.15, -0.1) is 11.8 Å². The van der Waals surface area contributed by atoms with Gasteiger partial charge in [0.25, 0.3) is 0 Å². The van der Waals surface area contributed by atoms with E-state index in [0.29, 0.717) is 5.75 Å². The van der Waals surface area contributed by atoms with Crippen molar-refractivity contribution in [1.82, 2.24) is 5.32 Å². The van der Waals surface area contributed by atoms with Gasteiger partial charge >= 0.3 is 0 Å². The van der Waals surface area contributed by atoms with E-state index in [4.69, 9.17) is 11.5 Å². The summed E-state index contributed by atoms with van der Waals surface area (Å²) in [6.45, 7) is 1.87. The largest absolute Gasteiger partial charge is 0.400 e. The second-order valence-corrected chi connectivity index (χ2v) is 3.76. The van der Waals surface area contributed by atoms with E-state index < -0.39 is 0 Å². The van der Waals surface area contributed by atoms with Crippen LogP contribution in [0.15, 0.2) is 11.8 Å². The lowest BCUT2D eigenvalue weighted by Gasteiger charge is -2.10. The van der Waals surface area contributed by atoms with Crippen molar-refractivity contribution in [1.29, 1.82) is 0 Å². The average Bonchev–Trinajstić information content (AvgIpc) is 2.51. The molecule has 4 nitrogen and oxygen atoms in total. The van der Waals surface area contributed by atoms with Crippen molar-refractivity contribution in [3.63, 3.8) is 0 Å². The molecule has 0 aliphatic carbocycles. The van der Waals surface area contributed by atoms with Crippen LogP contribution in [0.2, 0.25) is 0 Å². The molecule has 1 aliphatic rings. The minimum absolute atomic E-state index is 0.0486. The average molecular weight is 187 g/mol. The van der Waals surface area contributed by atoms with Crippen molar-refractivity contribution in [3.8, 4) is 0 Å². The van der Waals surface area contributed by atoms with Gasteiger partial charge in [0.2, 0.25) is 5.91 Å². The second-order valence-electron chi connectivity index (χ2n) is 2.62. The molecule has 2 atom stereocenters. The maximum absolute atomic E-state index is 10.7. The molecule has 5 N–H and O–H groups in total. The Labute approximate surface area is 75.7 Å². The van der Waals surface area contributed by atoms with Gasteiger partial charge in [-0.25, -0.2) is 0 Å². The molecule has 1 amide bonds. The minimum atomic E-state index is -0.311. The highest BCUT2D eigenvalue weighted by Crippen LogP contribution is 2.21. The van der Waals surface area contributed by atoms with Crippen LogP contribution >= 0.6 is 11.8 Å². The summed E-state index contributed by atoms with van der Waals surface area (Å²) in [5.74, 6) is 0.392. The molecule has 1 rings (SSSR count). The zero-order chi connectivity index (χ0) is 9.14. The number of rotatable bonds is 2. The van der Waals surface area contributed by atoms with Crippen LogP contribution in [-0.4, -0.2) is 23.1 Å². The fourth-order valence-corrected chi connectivity index (χ4v) is 2.21. The van der Waals surface area contributed by atoms with Crippen molar-refractivity contribution in [2.45, 2.75) is 18.3 Å². The third kappa shape index (κ3) is 1.92. The van der Waals surface area contributed by atoms with E-state index in [-0.39, 0.29) is 17.3 Å². The molecule has 0 spiro atoms. The molecule has 1 saturated heterocycles. The van der Waals surface area contributed by atoms with Crippen LogP contribution in [-0.2, 0) is 4.79 Å². The molecule has 1 fully saturated rings. The fraction of sp³-hybridized carbons (Fsp3) is 0.571. The summed E-state index contributed by atoms with van der Waals surface area (Å²) in [6, 6.07) is -0.238. The molecular weight excluding hydrogens is 174 g/mol. The molecule has 1 heterocycles. The first-order chi connectivity index (χ1) is 5.65. The van der Waals surface area contributed by atoms with Crippen molar-refractivity contribution < 1.29 is 4.79 Å². The standard InChI is InChI=1S/C7H13N3OS/c1-2-4(8)7-10-5(3-12-7)6(9)11/h2,5,7,10H,3,8H2,1H3,(H2,9,11)/b4-2-/t5-,7?/m1/s1. The molecule has 0 bridgehead atoms. The van der Waals surface area contributed by atoms with Gasteiger partial charge in [-0.3, -0.25) is 10.1 Å². The number of allylic oxidation sites excluding steroid dienone is 1. The fourth-order valence-electron chi connectivity index (χ4n) is 0.979. The predicted molar refractivity (Wildman–Crippen MR) is 50.3 cm³/mol. The topological polar surface area (TPSA) is 81.1 Å². The summed E-state index contributed by atoms with van der Waals surface area (Å²) in [4.78, 5) is 10.7. The van der Waals surface area contributed by atoms with Crippen molar-refractivity contribution >= 4 is 17.7 Å². The summed E-state index contributed by atoms with van der Waals surface area (Å²) in [7, 11) is 0. The van der Waals surface area contributed by atoms with Gasteiger partial charge in [0, 0.05) is 11.4 Å². The second kappa shape index (κ2) is 3.82. The van der Waals surface area contributed by atoms with Crippen molar-refractivity contribution in [2.75, 3.05) is 5.75 Å². The van der Waals surface area contributed by atoms with E-state index in [9.17, 15) is 4.79 Å². The summed E-state index contributed by atoms with van der Waals surface area (Å²) in [6.07, 6.45) is 1.83. The third-order valence-electron chi connectivity index (χ3n) is 1.76. The molecule has 1 aliphatic heterocycles. The summed E-state index contributed by atoms with van der Waals surface area (Å²) < 4.78 is 0. The predicted octanol–water partition coefficient (Wildman–Crippen LogP) is -0.635. The van der Waals surface area contributed by atoms with Gasteiger partial charge in [-0.2, -0.15) is 0 Å². The first-order valence-electron chi connectivity index (χ1n) is 3.73. The smallest absolute Gasteiger partial charge is 0.235 e. The van der Waals surface area contributed by atoms with E-state index in [1.165, 1.54) is 0 Å². The Kier molecular flexibility index (Phi) is 2.99. The van der Waals surface area contributed by atoms with Crippen LogP contribution in [0.25, 0.3) is 0 Å². The van der Waals surface area contributed by atoms with Crippen molar-refractivity contribution in [3.05, 3.63) is 11.8 Å². The zero-order valence-corrected chi connectivity index (χ0v) is 7.73. The van der Waals surface area contributed by atoms with Gasteiger partial charge in [0.15, 0.2) is 0 Å². The number of primary amides is 1. The van der Waals surface area contributed by atoms with E-state index in [0.717, 1.165) is 5.70 Å². The number of amides is 1. The molecule has 0 aromatic carbocycles. The molecule has 1 unspecified atom stereocenters. The molecular formula is C7H13N3OS. The number of hydrogen-bond donors (Lipinski definition) is 3. The van der Waals surface area contributed by atoms with Crippen molar-refractivity contribution in [2.24, 2.45) is 11.5 Å². The summed E-state index contributed by atoms with van der Waals surface area (Å²) in [5, 5.41) is 3.08. The molecule has 0 aromatic heterocycles. The number of hydrogen-bond acceptors (Lipinski definition) is 4. The van der Waals surface area contributed by atoms with Crippen LogP contribution in [0, 0.1) is 0 Å². The van der Waals surface area contributed by atoms with E-state index in [1.54, 1.807) is 11.8 Å². The number of carbonyl (C=O) groups excluding carboxylic acids is 1. The van der Waals surface area contributed by atoms with Crippen LogP contribution in [0.1, 0.15) is 6.92 Å². The quantitative estimate of drug-likeness (QED) is 0.537. The monoisotopic (exact) mass is 187 g/mol. The molecule has 0 saturated carbocycles. The Balaban J connectivity index is 2.51. The zero-order valence-electron chi connectivity index (χ0n) is 6.91. The first-order valence-corrected chi connectivity index (χ1v) is 4.78. The maximum atomic E-state index is 10.7. The lowest BCUT2D eigenvalue weighted by Crippen LogP contribution is -2.42. The first kappa shape index (κ1) is 9.41. The lowest BCUT2D eigenvalue weighted by molar-refractivity contribution is -0.119. The Morgan fingerprint density at radius 2 is 2.33 bits per heavy atom. The SMILES string of the molecule is C/C=C(\N)C1N[C@@H](C(N)=O)CS1. The summed E-state index contributed by atoms with van der Waals surface area (Å²) in [5.41, 5.74) is 11.5. The Morgan fingerprint density at radius 1 is 1.67 bits per heavy atom. The van der Waals surface area contributed by atoms with Crippen LogP contribution in [0.4, 0.5) is 0 Å². The van der Waals surface area contributed by atoms with Crippen LogP contribution in [0.5, 0.6) is 0 Å². The highest BCUT2D eigenvalue weighted by Gasteiger charge is 2.28. The Morgan fingerprint density at radius 3 is 2.75 bits per heavy atom. The van der Waals surface area contributed by atoms with Gasteiger partial charge in [0.1, 0.15) is 0 Å². The van der Waals surface area contributed by atoms with Gasteiger partial charge in [-0.05, 0) is 6.92 Å². The van der Waals surface area contributed by atoms with Gasteiger partial charge < -0.3 is 11.5 Å². The molecule has 0 aromatic rings. The Bertz CT molecular complexity index is 217. The highest BCUT2D eigenvalue weighted by molar-refractivity contribution is 8.00. The highest BCUT2D eigenvalue weighted by atomic mass is 32.2. The lowest BCUT2D eigenvalue weighted by atomic mass is 10.3. The normalized spacial score (nSPS) is 30.6. The molecule has 5 heteroatoms. The number of thioether (sulfide) groups is 1.